The molecule has 7 aromatic carbocycles. The first-order valence-corrected chi connectivity index (χ1v) is 18.1. The van der Waals surface area contributed by atoms with Gasteiger partial charge < -0.3 is 4.57 Å². The fraction of sp³-hybridized carbons (Fsp3) is 0.0625. The third kappa shape index (κ3) is 4.22. The van der Waals surface area contributed by atoms with Crippen molar-refractivity contribution >= 4 is 43.6 Å². The van der Waals surface area contributed by atoms with Crippen LogP contribution in [0.2, 0.25) is 0 Å². The molecule has 10 aromatic rings. The maximum absolute atomic E-state index is 5.27. The van der Waals surface area contributed by atoms with Crippen molar-refractivity contribution in [2.45, 2.75) is 19.3 Å². The van der Waals surface area contributed by atoms with Crippen molar-refractivity contribution in [3.8, 4) is 45.5 Å². The molecular formula is C48H33N5. The van der Waals surface area contributed by atoms with Gasteiger partial charge in [0.1, 0.15) is 0 Å². The summed E-state index contributed by atoms with van der Waals surface area (Å²) in [5, 5.41) is 4.68. The Morgan fingerprint density at radius 1 is 0.415 bits per heavy atom. The van der Waals surface area contributed by atoms with E-state index in [0.717, 1.165) is 44.0 Å². The quantitative estimate of drug-likeness (QED) is 0.186. The van der Waals surface area contributed by atoms with Crippen LogP contribution in [0, 0.1) is 0 Å². The van der Waals surface area contributed by atoms with E-state index in [0.29, 0.717) is 17.6 Å². The van der Waals surface area contributed by atoms with Gasteiger partial charge >= 0.3 is 0 Å². The second-order valence-electron chi connectivity index (χ2n) is 14.4. The highest BCUT2D eigenvalue weighted by Crippen LogP contribution is 2.52. The molecule has 0 saturated heterocycles. The molecule has 0 saturated carbocycles. The fourth-order valence-corrected chi connectivity index (χ4v) is 8.78. The lowest BCUT2D eigenvalue weighted by Crippen LogP contribution is -2.15. The molecule has 0 amide bonds. The number of hydrogen-bond acceptors (Lipinski definition) is 3. The fourth-order valence-electron chi connectivity index (χ4n) is 8.78. The summed E-state index contributed by atoms with van der Waals surface area (Å²) < 4.78 is 4.76. The zero-order valence-corrected chi connectivity index (χ0v) is 29.3. The largest absolute Gasteiger partial charge is 0.307 e. The van der Waals surface area contributed by atoms with E-state index in [2.05, 4.69) is 150 Å². The van der Waals surface area contributed by atoms with Crippen molar-refractivity contribution in [3.63, 3.8) is 0 Å². The van der Waals surface area contributed by atoms with Gasteiger partial charge in [-0.25, -0.2) is 4.98 Å². The molecule has 0 bridgehead atoms. The maximum atomic E-state index is 5.27. The summed E-state index contributed by atoms with van der Waals surface area (Å²) in [5.74, 6) is 1.85. The summed E-state index contributed by atoms with van der Waals surface area (Å²) in [6.07, 6.45) is 0. The van der Waals surface area contributed by atoms with E-state index in [1.165, 1.54) is 38.7 Å². The lowest BCUT2D eigenvalue weighted by atomic mass is 9.82. The van der Waals surface area contributed by atoms with Gasteiger partial charge in [-0.15, -0.1) is 0 Å². The van der Waals surface area contributed by atoms with Gasteiger partial charge in [-0.2, -0.15) is 9.97 Å². The minimum atomic E-state index is -0.128. The van der Waals surface area contributed by atoms with Crippen LogP contribution in [0.15, 0.2) is 164 Å². The number of para-hydroxylation sites is 2. The Labute approximate surface area is 306 Å². The summed E-state index contributed by atoms with van der Waals surface area (Å²) in [6, 6.07) is 58.1. The van der Waals surface area contributed by atoms with E-state index in [1.807, 2.05) is 36.4 Å². The normalized spacial score (nSPS) is 13.2. The smallest absolute Gasteiger partial charge is 0.238 e. The molecule has 53 heavy (non-hydrogen) atoms. The zero-order chi connectivity index (χ0) is 35.3. The van der Waals surface area contributed by atoms with E-state index in [-0.39, 0.29) is 5.41 Å². The number of rotatable bonds is 4. The topological polar surface area (TPSA) is 48.5 Å². The van der Waals surface area contributed by atoms with E-state index in [1.54, 1.807) is 0 Å². The monoisotopic (exact) mass is 679 g/mol. The lowest BCUT2D eigenvalue weighted by Gasteiger charge is -2.22. The summed E-state index contributed by atoms with van der Waals surface area (Å²) >= 11 is 0. The van der Waals surface area contributed by atoms with Gasteiger partial charge in [-0.1, -0.05) is 159 Å². The summed E-state index contributed by atoms with van der Waals surface area (Å²) in [7, 11) is 0. The van der Waals surface area contributed by atoms with Gasteiger partial charge in [0.15, 0.2) is 11.6 Å². The molecule has 11 rings (SSSR count). The highest BCUT2D eigenvalue weighted by atomic mass is 15.2. The number of aromatic nitrogens is 5. The second-order valence-corrected chi connectivity index (χ2v) is 14.4. The van der Waals surface area contributed by atoms with Crippen LogP contribution in [-0.2, 0) is 5.41 Å². The van der Waals surface area contributed by atoms with Crippen molar-refractivity contribution in [3.05, 3.63) is 175 Å². The van der Waals surface area contributed by atoms with E-state index in [9.17, 15) is 0 Å². The molecule has 0 atom stereocenters. The van der Waals surface area contributed by atoms with Crippen molar-refractivity contribution in [2.24, 2.45) is 0 Å². The molecule has 5 heteroatoms. The van der Waals surface area contributed by atoms with Gasteiger partial charge in [0, 0.05) is 43.7 Å². The van der Waals surface area contributed by atoms with Gasteiger partial charge in [0.25, 0.3) is 0 Å². The predicted octanol–water partition coefficient (Wildman–Crippen LogP) is 11.7. The summed E-state index contributed by atoms with van der Waals surface area (Å²) in [6.45, 7) is 4.69. The van der Waals surface area contributed by atoms with Gasteiger partial charge in [0.2, 0.25) is 5.95 Å². The van der Waals surface area contributed by atoms with Crippen LogP contribution < -0.4 is 0 Å². The third-order valence-corrected chi connectivity index (χ3v) is 11.2. The standard InChI is InChI=1S/C48H33N5/c1-48(2)37-23-12-9-22-36(37)42-38(48)24-15-27-41(42)52-39-25-13-10-20-32(39)34-28-29-35-33-21-11-14-26-40(33)53(44(35)43(34)52)47-50-45(30-16-5-3-6-17-30)49-46(51-47)31-18-7-4-8-19-31/h3-29H,1-2H3. The molecular weight excluding hydrogens is 647 g/mol. The Bertz CT molecular complexity index is 3020. The number of hydrogen-bond donors (Lipinski definition) is 0. The van der Waals surface area contributed by atoms with Gasteiger partial charge in [0.05, 0.1) is 27.8 Å². The van der Waals surface area contributed by atoms with Crippen LogP contribution in [0.5, 0.6) is 0 Å². The van der Waals surface area contributed by atoms with E-state index in [4.69, 9.17) is 15.0 Å². The molecule has 0 spiro atoms. The van der Waals surface area contributed by atoms with Crippen molar-refractivity contribution in [1.82, 2.24) is 24.1 Å². The van der Waals surface area contributed by atoms with Crippen LogP contribution in [0.25, 0.3) is 89.2 Å². The predicted molar refractivity (Wildman–Crippen MR) is 217 cm³/mol. The Morgan fingerprint density at radius 3 is 1.57 bits per heavy atom. The summed E-state index contributed by atoms with van der Waals surface area (Å²) in [5.41, 5.74) is 12.6. The molecule has 0 unspecified atom stereocenters. The molecule has 3 aromatic heterocycles. The van der Waals surface area contributed by atoms with Crippen molar-refractivity contribution < 1.29 is 0 Å². The van der Waals surface area contributed by atoms with E-state index >= 15 is 0 Å². The zero-order valence-electron chi connectivity index (χ0n) is 29.3. The highest BCUT2D eigenvalue weighted by Gasteiger charge is 2.37. The molecule has 0 radical (unpaired) electrons. The van der Waals surface area contributed by atoms with Crippen molar-refractivity contribution in [1.29, 1.82) is 0 Å². The molecule has 0 N–H and O–H groups in total. The maximum Gasteiger partial charge on any atom is 0.238 e. The van der Waals surface area contributed by atoms with Gasteiger partial charge in [-0.05, 0) is 34.9 Å². The second kappa shape index (κ2) is 11.1. The van der Waals surface area contributed by atoms with E-state index < -0.39 is 0 Å². The number of benzene rings is 7. The Kier molecular flexibility index (Phi) is 6.23. The molecule has 5 nitrogen and oxygen atoms in total. The SMILES string of the molecule is CC1(C)c2ccccc2-c2c(-n3c4ccccc4c4ccc5c6ccccc6n(-c6nc(-c7ccccc7)nc(-c7ccccc7)n6)c5c43)cccc21. The molecule has 0 fully saturated rings. The Hall–Kier alpha value is -6.85. The lowest BCUT2D eigenvalue weighted by molar-refractivity contribution is 0.660. The van der Waals surface area contributed by atoms with Crippen LogP contribution in [0.1, 0.15) is 25.0 Å². The first-order valence-electron chi connectivity index (χ1n) is 18.1. The minimum Gasteiger partial charge on any atom is -0.307 e. The van der Waals surface area contributed by atoms with Crippen LogP contribution in [0.3, 0.4) is 0 Å². The Morgan fingerprint density at radius 2 is 0.925 bits per heavy atom. The number of fused-ring (bicyclic) bond motifs is 10. The molecule has 3 heterocycles. The first kappa shape index (κ1) is 29.8. The summed E-state index contributed by atoms with van der Waals surface area (Å²) in [4.78, 5) is 15.6. The molecule has 1 aliphatic rings. The third-order valence-electron chi connectivity index (χ3n) is 11.2. The average Bonchev–Trinajstić information content (AvgIpc) is 3.82. The Balaban J connectivity index is 1.32. The minimum absolute atomic E-state index is 0.128. The van der Waals surface area contributed by atoms with Crippen LogP contribution in [-0.4, -0.2) is 24.1 Å². The average molecular weight is 680 g/mol. The molecule has 250 valence electrons. The van der Waals surface area contributed by atoms with Crippen LogP contribution in [0.4, 0.5) is 0 Å². The van der Waals surface area contributed by atoms with Crippen LogP contribution >= 0.6 is 0 Å². The number of nitrogens with zero attached hydrogens (tertiary/aromatic N) is 5. The van der Waals surface area contributed by atoms with Crippen molar-refractivity contribution in [2.75, 3.05) is 0 Å². The first-order chi connectivity index (χ1) is 26.1. The molecule has 1 aliphatic carbocycles. The molecule has 0 aliphatic heterocycles. The van der Waals surface area contributed by atoms with Gasteiger partial charge in [-0.3, -0.25) is 4.57 Å². The highest BCUT2D eigenvalue weighted by molar-refractivity contribution is 6.24.